The third kappa shape index (κ3) is 1.97. The molecule has 2 aromatic rings. The first kappa shape index (κ1) is 11.2. The molecule has 0 saturated heterocycles. The van der Waals surface area contributed by atoms with Crippen LogP contribution >= 0.6 is 15.9 Å². The molecular weight excluding hydrogens is 281 g/mol. The molecule has 0 spiro atoms. The van der Waals surface area contributed by atoms with Gasteiger partial charge in [-0.3, -0.25) is 0 Å². The first-order valence-corrected chi connectivity index (χ1v) is 5.28. The predicted octanol–water partition coefficient (Wildman–Crippen LogP) is 4.53. The highest BCUT2D eigenvalue weighted by Crippen LogP contribution is 2.31. The van der Waals surface area contributed by atoms with Crippen molar-refractivity contribution in [2.24, 2.45) is 0 Å². The molecule has 0 aliphatic carbocycles. The number of rotatable bonds is 1. The summed E-state index contributed by atoms with van der Waals surface area (Å²) >= 11 is 3.23. The van der Waals surface area contributed by atoms with E-state index in [1.807, 2.05) is 0 Å². The molecule has 0 N–H and O–H groups in total. The quantitative estimate of drug-likeness (QED) is 0.676. The van der Waals surface area contributed by atoms with Gasteiger partial charge in [0, 0.05) is 16.1 Å². The van der Waals surface area contributed by atoms with Crippen molar-refractivity contribution in [3.8, 4) is 11.1 Å². The van der Waals surface area contributed by atoms with E-state index in [0.717, 1.165) is 6.07 Å². The standard InChI is InChI=1S/C12H6BrF3/c13-9-4-2-1-3-7(9)8-5-11(15)12(16)6-10(8)14/h1-6H. The summed E-state index contributed by atoms with van der Waals surface area (Å²) in [4.78, 5) is 0. The molecule has 0 atom stereocenters. The van der Waals surface area contributed by atoms with Crippen molar-refractivity contribution in [3.05, 3.63) is 58.3 Å². The molecule has 2 rings (SSSR count). The first-order chi connectivity index (χ1) is 7.59. The lowest BCUT2D eigenvalue weighted by Gasteiger charge is -2.06. The van der Waals surface area contributed by atoms with Gasteiger partial charge in [0.2, 0.25) is 0 Å². The Morgan fingerprint density at radius 1 is 0.750 bits per heavy atom. The van der Waals surface area contributed by atoms with Crippen LogP contribution < -0.4 is 0 Å². The van der Waals surface area contributed by atoms with Crippen LogP contribution in [0, 0.1) is 17.5 Å². The topological polar surface area (TPSA) is 0 Å². The molecule has 4 heteroatoms. The van der Waals surface area contributed by atoms with Crippen LogP contribution in [-0.4, -0.2) is 0 Å². The zero-order valence-electron chi connectivity index (χ0n) is 7.98. The molecule has 82 valence electrons. The Balaban J connectivity index is 2.65. The monoisotopic (exact) mass is 286 g/mol. The molecule has 0 nitrogen and oxygen atoms in total. The van der Waals surface area contributed by atoms with E-state index < -0.39 is 17.5 Å². The Morgan fingerprint density at radius 3 is 2.06 bits per heavy atom. The summed E-state index contributed by atoms with van der Waals surface area (Å²) in [7, 11) is 0. The fourth-order valence-corrected chi connectivity index (χ4v) is 1.91. The molecule has 0 aliphatic rings. The van der Waals surface area contributed by atoms with E-state index >= 15 is 0 Å². The Hall–Kier alpha value is -1.29. The zero-order valence-corrected chi connectivity index (χ0v) is 9.56. The van der Waals surface area contributed by atoms with Crippen molar-refractivity contribution < 1.29 is 13.2 Å². The van der Waals surface area contributed by atoms with E-state index in [-0.39, 0.29) is 5.56 Å². The fraction of sp³-hybridized carbons (Fsp3) is 0. The van der Waals surface area contributed by atoms with Crippen LogP contribution in [-0.2, 0) is 0 Å². The molecule has 0 heterocycles. The minimum atomic E-state index is -1.19. The van der Waals surface area contributed by atoms with Crippen molar-refractivity contribution in [1.29, 1.82) is 0 Å². The molecule has 2 aromatic carbocycles. The van der Waals surface area contributed by atoms with E-state index in [2.05, 4.69) is 15.9 Å². The third-order valence-corrected chi connectivity index (χ3v) is 2.87. The van der Waals surface area contributed by atoms with E-state index in [9.17, 15) is 13.2 Å². The highest BCUT2D eigenvalue weighted by molar-refractivity contribution is 9.10. The zero-order chi connectivity index (χ0) is 11.7. The lowest BCUT2D eigenvalue weighted by Crippen LogP contribution is -1.91. The smallest absolute Gasteiger partial charge is 0.161 e. The van der Waals surface area contributed by atoms with Crippen LogP contribution in [0.2, 0.25) is 0 Å². The summed E-state index contributed by atoms with van der Waals surface area (Å²) in [5.74, 6) is -3.04. The average Bonchev–Trinajstić information content (AvgIpc) is 2.25. The minimum Gasteiger partial charge on any atom is -0.206 e. The van der Waals surface area contributed by atoms with Crippen molar-refractivity contribution in [1.82, 2.24) is 0 Å². The van der Waals surface area contributed by atoms with Gasteiger partial charge in [0.05, 0.1) is 0 Å². The summed E-state index contributed by atoms with van der Waals surface area (Å²) in [5.41, 5.74) is 0.519. The van der Waals surface area contributed by atoms with Gasteiger partial charge < -0.3 is 0 Å². The van der Waals surface area contributed by atoms with Gasteiger partial charge in [0.15, 0.2) is 11.6 Å². The molecule has 16 heavy (non-hydrogen) atoms. The Morgan fingerprint density at radius 2 is 1.38 bits per heavy atom. The van der Waals surface area contributed by atoms with Crippen LogP contribution in [0.1, 0.15) is 0 Å². The Kier molecular flexibility index (Phi) is 3.01. The normalized spacial score (nSPS) is 10.5. The molecule has 0 aliphatic heterocycles. The minimum absolute atomic E-state index is 0.0337. The molecule has 0 radical (unpaired) electrons. The summed E-state index contributed by atoms with van der Waals surface area (Å²) in [5, 5.41) is 0. The predicted molar refractivity (Wildman–Crippen MR) is 59.5 cm³/mol. The second kappa shape index (κ2) is 4.29. The van der Waals surface area contributed by atoms with Crippen molar-refractivity contribution in [2.75, 3.05) is 0 Å². The largest absolute Gasteiger partial charge is 0.206 e. The van der Waals surface area contributed by atoms with Crippen LogP contribution in [0.3, 0.4) is 0 Å². The average molecular weight is 287 g/mol. The van der Waals surface area contributed by atoms with Gasteiger partial charge in [0.1, 0.15) is 5.82 Å². The fourth-order valence-electron chi connectivity index (χ4n) is 1.41. The Labute approximate surface area is 98.9 Å². The Bertz CT molecular complexity index is 538. The van der Waals surface area contributed by atoms with Crippen LogP contribution in [0.25, 0.3) is 11.1 Å². The lowest BCUT2D eigenvalue weighted by molar-refractivity contribution is 0.496. The molecule has 0 bridgehead atoms. The number of hydrogen-bond acceptors (Lipinski definition) is 0. The summed E-state index contributed by atoms with van der Waals surface area (Å²) in [6, 6.07) is 8.18. The van der Waals surface area contributed by atoms with Crippen LogP contribution in [0.4, 0.5) is 13.2 Å². The van der Waals surface area contributed by atoms with Crippen LogP contribution in [0.5, 0.6) is 0 Å². The third-order valence-electron chi connectivity index (χ3n) is 2.17. The van der Waals surface area contributed by atoms with E-state index in [0.29, 0.717) is 16.1 Å². The summed E-state index contributed by atoms with van der Waals surface area (Å²) in [6.45, 7) is 0. The number of halogens is 4. The van der Waals surface area contributed by atoms with Gasteiger partial charge in [-0.15, -0.1) is 0 Å². The SMILES string of the molecule is Fc1cc(F)c(-c2ccccc2Br)cc1F. The maximum absolute atomic E-state index is 13.5. The van der Waals surface area contributed by atoms with Gasteiger partial charge in [-0.25, -0.2) is 13.2 Å². The lowest BCUT2D eigenvalue weighted by atomic mass is 10.1. The number of benzene rings is 2. The molecule has 0 aromatic heterocycles. The van der Waals surface area contributed by atoms with Gasteiger partial charge in [0.25, 0.3) is 0 Å². The maximum Gasteiger partial charge on any atom is 0.161 e. The summed E-state index contributed by atoms with van der Waals surface area (Å²) < 4.78 is 39.9. The molecule has 0 saturated carbocycles. The highest BCUT2D eigenvalue weighted by Gasteiger charge is 2.12. The van der Waals surface area contributed by atoms with Crippen molar-refractivity contribution in [2.45, 2.75) is 0 Å². The van der Waals surface area contributed by atoms with Gasteiger partial charge in [-0.2, -0.15) is 0 Å². The summed E-state index contributed by atoms with van der Waals surface area (Å²) in [6.07, 6.45) is 0. The maximum atomic E-state index is 13.5. The molecular formula is C12H6BrF3. The molecule has 0 fully saturated rings. The first-order valence-electron chi connectivity index (χ1n) is 4.49. The molecule has 0 unspecified atom stereocenters. The second-order valence-corrected chi connectivity index (χ2v) is 4.08. The van der Waals surface area contributed by atoms with Crippen molar-refractivity contribution >= 4 is 15.9 Å². The van der Waals surface area contributed by atoms with Gasteiger partial charge >= 0.3 is 0 Å². The highest BCUT2D eigenvalue weighted by atomic mass is 79.9. The van der Waals surface area contributed by atoms with E-state index in [1.165, 1.54) is 0 Å². The van der Waals surface area contributed by atoms with Crippen LogP contribution in [0.15, 0.2) is 40.9 Å². The second-order valence-electron chi connectivity index (χ2n) is 3.23. The molecule has 0 amide bonds. The van der Waals surface area contributed by atoms with E-state index in [4.69, 9.17) is 0 Å². The van der Waals surface area contributed by atoms with E-state index in [1.54, 1.807) is 24.3 Å². The van der Waals surface area contributed by atoms with Gasteiger partial charge in [-0.1, -0.05) is 34.1 Å². The number of hydrogen-bond donors (Lipinski definition) is 0. The van der Waals surface area contributed by atoms with Gasteiger partial charge in [-0.05, 0) is 17.7 Å². The van der Waals surface area contributed by atoms with Crippen molar-refractivity contribution in [3.63, 3.8) is 0 Å².